The molecule has 0 aromatic rings. The highest BCUT2D eigenvalue weighted by Crippen LogP contribution is 2.43. The standard InChI is InChI=1S/C15H30N4O2.HI/c1-16-14(17-10-6-13(20)19(2)3)18-12-15(7-5-8-15)9-11-21-4;/h5-12H2,1-4H3,(H2,16,17,18);1H. The average Bonchev–Trinajstić information content (AvgIpc) is 2.43. The van der Waals surface area contributed by atoms with Gasteiger partial charge in [-0.05, 0) is 24.7 Å². The van der Waals surface area contributed by atoms with E-state index < -0.39 is 0 Å². The van der Waals surface area contributed by atoms with Gasteiger partial charge < -0.3 is 20.3 Å². The van der Waals surface area contributed by atoms with Crippen molar-refractivity contribution in [2.75, 3.05) is 47.9 Å². The van der Waals surface area contributed by atoms with Crippen LogP contribution >= 0.6 is 24.0 Å². The second-order valence-electron chi connectivity index (χ2n) is 5.99. The van der Waals surface area contributed by atoms with Crippen LogP contribution < -0.4 is 10.6 Å². The van der Waals surface area contributed by atoms with Crippen LogP contribution in [-0.2, 0) is 9.53 Å². The summed E-state index contributed by atoms with van der Waals surface area (Å²) in [5.41, 5.74) is 0.354. The molecule has 0 spiro atoms. The highest BCUT2D eigenvalue weighted by atomic mass is 127. The fourth-order valence-electron chi connectivity index (χ4n) is 2.51. The Kier molecular flexibility index (Phi) is 10.8. The molecule has 22 heavy (non-hydrogen) atoms. The molecule has 1 saturated carbocycles. The molecule has 0 radical (unpaired) electrons. The number of halogens is 1. The van der Waals surface area contributed by atoms with E-state index in [1.807, 2.05) is 0 Å². The zero-order valence-corrected chi connectivity index (χ0v) is 16.6. The molecule has 0 aromatic carbocycles. The first-order valence-electron chi connectivity index (χ1n) is 7.66. The number of aliphatic imine (C=N–C) groups is 1. The van der Waals surface area contributed by atoms with Gasteiger partial charge in [0, 0.05) is 54.4 Å². The number of ether oxygens (including phenoxy) is 1. The van der Waals surface area contributed by atoms with Crippen molar-refractivity contribution < 1.29 is 9.53 Å². The molecule has 0 atom stereocenters. The van der Waals surface area contributed by atoms with Crippen molar-refractivity contribution in [1.29, 1.82) is 0 Å². The van der Waals surface area contributed by atoms with Crippen LogP contribution in [0.2, 0.25) is 0 Å². The van der Waals surface area contributed by atoms with Crippen LogP contribution in [0.3, 0.4) is 0 Å². The maximum atomic E-state index is 11.5. The molecule has 1 aliphatic carbocycles. The summed E-state index contributed by atoms with van der Waals surface area (Å²) in [7, 11) is 7.05. The molecule has 0 heterocycles. The van der Waals surface area contributed by atoms with E-state index in [1.165, 1.54) is 19.3 Å². The highest BCUT2D eigenvalue weighted by Gasteiger charge is 2.36. The second-order valence-corrected chi connectivity index (χ2v) is 5.99. The number of rotatable bonds is 8. The molecule has 0 aliphatic heterocycles. The van der Waals surface area contributed by atoms with Crippen molar-refractivity contribution in [1.82, 2.24) is 15.5 Å². The van der Waals surface area contributed by atoms with Crippen LogP contribution in [0.15, 0.2) is 4.99 Å². The summed E-state index contributed by atoms with van der Waals surface area (Å²) in [6.45, 7) is 2.32. The van der Waals surface area contributed by atoms with E-state index in [9.17, 15) is 4.79 Å². The van der Waals surface area contributed by atoms with E-state index in [-0.39, 0.29) is 29.9 Å². The molecular formula is C15H31IN4O2. The summed E-state index contributed by atoms with van der Waals surface area (Å²) < 4.78 is 5.20. The van der Waals surface area contributed by atoms with Gasteiger partial charge in [-0.3, -0.25) is 9.79 Å². The van der Waals surface area contributed by atoms with Crippen LogP contribution in [0, 0.1) is 5.41 Å². The van der Waals surface area contributed by atoms with E-state index in [1.54, 1.807) is 33.2 Å². The van der Waals surface area contributed by atoms with Crippen molar-refractivity contribution >= 4 is 35.8 Å². The zero-order chi connectivity index (χ0) is 15.7. The zero-order valence-electron chi connectivity index (χ0n) is 14.3. The van der Waals surface area contributed by atoms with E-state index in [0.29, 0.717) is 18.4 Å². The number of nitrogens with zero attached hydrogens (tertiary/aromatic N) is 2. The Balaban J connectivity index is 0.00000441. The molecule has 0 aromatic heterocycles. The maximum absolute atomic E-state index is 11.5. The number of hydrogen-bond donors (Lipinski definition) is 2. The van der Waals surface area contributed by atoms with Gasteiger partial charge in [-0.1, -0.05) is 6.42 Å². The van der Waals surface area contributed by atoms with Crippen molar-refractivity contribution in [2.24, 2.45) is 10.4 Å². The van der Waals surface area contributed by atoms with Gasteiger partial charge >= 0.3 is 0 Å². The summed E-state index contributed by atoms with van der Waals surface area (Å²) in [6, 6.07) is 0. The quantitative estimate of drug-likeness (QED) is 0.351. The molecular weight excluding hydrogens is 395 g/mol. The average molecular weight is 426 g/mol. The number of carbonyl (C=O) groups excluding carboxylic acids is 1. The lowest BCUT2D eigenvalue weighted by atomic mass is 9.67. The Labute approximate surface area is 151 Å². The molecule has 6 nitrogen and oxygen atoms in total. The van der Waals surface area contributed by atoms with Crippen molar-refractivity contribution in [3.8, 4) is 0 Å². The van der Waals surface area contributed by atoms with Gasteiger partial charge in [0.05, 0.1) is 0 Å². The molecule has 0 unspecified atom stereocenters. The van der Waals surface area contributed by atoms with Crippen molar-refractivity contribution in [3.05, 3.63) is 0 Å². The maximum Gasteiger partial charge on any atom is 0.223 e. The van der Waals surface area contributed by atoms with E-state index in [0.717, 1.165) is 25.5 Å². The number of methoxy groups -OCH3 is 1. The minimum absolute atomic E-state index is 0. The van der Waals surface area contributed by atoms with Gasteiger partial charge in [-0.15, -0.1) is 24.0 Å². The Bertz CT molecular complexity index is 357. The summed E-state index contributed by atoms with van der Waals surface area (Å²) in [4.78, 5) is 17.3. The van der Waals surface area contributed by atoms with Gasteiger partial charge in [-0.25, -0.2) is 0 Å². The van der Waals surface area contributed by atoms with Crippen LogP contribution in [0.1, 0.15) is 32.1 Å². The molecule has 130 valence electrons. The third kappa shape index (κ3) is 7.13. The Morgan fingerprint density at radius 2 is 2.00 bits per heavy atom. The molecule has 7 heteroatoms. The highest BCUT2D eigenvalue weighted by molar-refractivity contribution is 14.0. The molecule has 1 amide bonds. The Morgan fingerprint density at radius 3 is 2.45 bits per heavy atom. The first-order valence-corrected chi connectivity index (χ1v) is 7.66. The van der Waals surface area contributed by atoms with Crippen LogP contribution in [0.25, 0.3) is 0 Å². The van der Waals surface area contributed by atoms with Gasteiger partial charge in [0.15, 0.2) is 5.96 Å². The van der Waals surface area contributed by atoms with E-state index >= 15 is 0 Å². The third-order valence-electron chi connectivity index (χ3n) is 4.24. The van der Waals surface area contributed by atoms with Gasteiger partial charge in [0.2, 0.25) is 5.91 Å². The summed E-state index contributed by atoms with van der Waals surface area (Å²) >= 11 is 0. The lowest BCUT2D eigenvalue weighted by Gasteiger charge is -2.42. The number of guanidine groups is 1. The van der Waals surface area contributed by atoms with Gasteiger partial charge in [0.25, 0.3) is 0 Å². The minimum Gasteiger partial charge on any atom is -0.385 e. The monoisotopic (exact) mass is 426 g/mol. The third-order valence-corrected chi connectivity index (χ3v) is 4.24. The Hall–Kier alpha value is -0.570. The number of carbonyl (C=O) groups is 1. The molecule has 1 aliphatic rings. The summed E-state index contributed by atoms with van der Waals surface area (Å²) in [5, 5.41) is 6.57. The number of amides is 1. The molecule has 0 saturated heterocycles. The molecule has 1 fully saturated rings. The minimum atomic E-state index is 0. The Morgan fingerprint density at radius 1 is 1.32 bits per heavy atom. The van der Waals surface area contributed by atoms with Gasteiger partial charge in [0.1, 0.15) is 0 Å². The topological polar surface area (TPSA) is 66.0 Å². The number of hydrogen-bond acceptors (Lipinski definition) is 3. The first kappa shape index (κ1) is 21.4. The first-order chi connectivity index (χ1) is 10.0. The molecule has 2 N–H and O–H groups in total. The largest absolute Gasteiger partial charge is 0.385 e. The van der Waals surface area contributed by atoms with Crippen LogP contribution in [0.5, 0.6) is 0 Å². The van der Waals surface area contributed by atoms with Crippen LogP contribution in [0.4, 0.5) is 0 Å². The SMILES string of the molecule is CN=C(NCCC(=O)N(C)C)NCC1(CCOC)CCC1.I. The lowest BCUT2D eigenvalue weighted by molar-refractivity contribution is -0.128. The van der Waals surface area contributed by atoms with E-state index in [2.05, 4.69) is 15.6 Å². The predicted octanol–water partition coefficient (Wildman–Crippen LogP) is 1.45. The second kappa shape index (κ2) is 11.0. The summed E-state index contributed by atoms with van der Waals surface area (Å²) in [5.74, 6) is 0.888. The number of nitrogens with one attached hydrogen (secondary N) is 2. The lowest BCUT2D eigenvalue weighted by Crippen LogP contribution is -2.47. The smallest absolute Gasteiger partial charge is 0.223 e. The molecule has 1 rings (SSSR count). The van der Waals surface area contributed by atoms with Crippen molar-refractivity contribution in [3.63, 3.8) is 0 Å². The fraction of sp³-hybridized carbons (Fsp3) is 0.867. The van der Waals surface area contributed by atoms with Crippen molar-refractivity contribution in [2.45, 2.75) is 32.1 Å². The fourth-order valence-corrected chi connectivity index (χ4v) is 2.51. The normalized spacial score (nSPS) is 16.3. The predicted molar refractivity (Wildman–Crippen MR) is 101 cm³/mol. The summed E-state index contributed by atoms with van der Waals surface area (Å²) in [6.07, 6.45) is 5.36. The van der Waals surface area contributed by atoms with E-state index in [4.69, 9.17) is 4.74 Å². The van der Waals surface area contributed by atoms with Crippen LogP contribution in [-0.4, -0.2) is 64.7 Å². The molecule has 0 bridgehead atoms. The van der Waals surface area contributed by atoms with Gasteiger partial charge in [-0.2, -0.15) is 0 Å².